The largest absolute Gasteiger partial charge is 0.494 e. The standard InChI is InChI=1S/C18H24N4O3S2/c1-2-25-14-5-3-13(4-6-14)22-16(19)15(27-18(22)26)17(23)20-7-8-21-9-11-24-12-10-21/h3-6H,2,7-12,19H2,1H3,(H,20,23)/p+1. The highest BCUT2D eigenvalue weighted by Crippen LogP contribution is 2.27. The molecule has 1 saturated heterocycles. The molecular weight excluding hydrogens is 384 g/mol. The number of amides is 1. The predicted octanol–water partition coefficient (Wildman–Crippen LogP) is 0.894. The molecule has 2 aromatic rings. The summed E-state index contributed by atoms with van der Waals surface area (Å²) >= 11 is 6.66. The molecular formula is C18H25N4O3S2+. The lowest BCUT2D eigenvalue weighted by atomic mass is 10.3. The Morgan fingerprint density at radius 2 is 2.07 bits per heavy atom. The van der Waals surface area contributed by atoms with E-state index < -0.39 is 0 Å². The van der Waals surface area contributed by atoms with E-state index in [1.807, 2.05) is 31.2 Å². The predicted molar refractivity (Wildman–Crippen MR) is 109 cm³/mol. The van der Waals surface area contributed by atoms with Crippen molar-refractivity contribution in [2.75, 3.05) is 51.7 Å². The fourth-order valence-electron chi connectivity index (χ4n) is 2.99. The number of morpholine rings is 1. The molecule has 4 N–H and O–H groups in total. The van der Waals surface area contributed by atoms with Gasteiger partial charge >= 0.3 is 0 Å². The molecule has 146 valence electrons. The first-order valence-electron chi connectivity index (χ1n) is 9.04. The molecule has 0 bridgehead atoms. The van der Waals surface area contributed by atoms with Crippen molar-refractivity contribution in [2.24, 2.45) is 0 Å². The van der Waals surface area contributed by atoms with Gasteiger partial charge in [0.25, 0.3) is 5.91 Å². The Labute approximate surface area is 167 Å². The lowest BCUT2D eigenvalue weighted by molar-refractivity contribution is -0.906. The average Bonchev–Trinajstić information content (AvgIpc) is 2.98. The van der Waals surface area contributed by atoms with Gasteiger partial charge in [0.2, 0.25) is 0 Å². The number of quaternary nitrogens is 1. The molecule has 1 aliphatic rings. The number of nitrogens with two attached hydrogens (primary N) is 1. The van der Waals surface area contributed by atoms with Crippen molar-refractivity contribution >= 4 is 35.3 Å². The van der Waals surface area contributed by atoms with Crippen LogP contribution in [0.4, 0.5) is 5.82 Å². The highest BCUT2D eigenvalue weighted by Gasteiger charge is 2.19. The first-order chi connectivity index (χ1) is 13.1. The summed E-state index contributed by atoms with van der Waals surface area (Å²) in [4.78, 5) is 14.4. The maximum Gasteiger partial charge on any atom is 0.265 e. The summed E-state index contributed by atoms with van der Waals surface area (Å²) in [6.45, 7) is 7.53. The molecule has 0 radical (unpaired) electrons. The van der Waals surface area contributed by atoms with E-state index in [0.717, 1.165) is 44.3 Å². The fourth-order valence-corrected chi connectivity index (χ4v) is 4.28. The average molecular weight is 410 g/mol. The lowest BCUT2D eigenvalue weighted by Gasteiger charge is -2.23. The van der Waals surface area contributed by atoms with Crippen LogP contribution in [-0.4, -0.2) is 56.5 Å². The third kappa shape index (κ3) is 4.86. The zero-order valence-electron chi connectivity index (χ0n) is 15.3. The second kappa shape index (κ2) is 9.32. The number of aromatic nitrogens is 1. The summed E-state index contributed by atoms with van der Waals surface area (Å²) in [5.41, 5.74) is 7.06. The van der Waals surface area contributed by atoms with Crippen molar-refractivity contribution in [3.63, 3.8) is 0 Å². The molecule has 0 aliphatic carbocycles. The van der Waals surface area contributed by atoms with Crippen LogP contribution in [0.15, 0.2) is 24.3 Å². The summed E-state index contributed by atoms with van der Waals surface area (Å²) in [6.07, 6.45) is 0. The number of rotatable bonds is 7. The van der Waals surface area contributed by atoms with E-state index in [1.165, 1.54) is 16.2 Å². The minimum atomic E-state index is -0.180. The summed E-state index contributed by atoms with van der Waals surface area (Å²) < 4.78 is 13.1. The van der Waals surface area contributed by atoms with Gasteiger partial charge in [0.05, 0.1) is 32.9 Å². The van der Waals surface area contributed by atoms with Crippen molar-refractivity contribution < 1.29 is 19.2 Å². The van der Waals surface area contributed by atoms with Gasteiger partial charge in [0.1, 0.15) is 29.5 Å². The number of carbonyl (C=O) groups is 1. The molecule has 0 unspecified atom stereocenters. The van der Waals surface area contributed by atoms with E-state index in [-0.39, 0.29) is 5.91 Å². The molecule has 1 aromatic heterocycles. The molecule has 9 heteroatoms. The number of benzene rings is 1. The van der Waals surface area contributed by atoms with Gasteiger partial charge in [-0.1, -0.05) is 11.3 Å². The van der Waals surface area contributed by atoms with Gasteiger partial charge in [-0.25, -0.2) is 0 Å². The monoisotopic (exact) mass is 409 g/mol. The topological polar surface area (TPSA) is 83.0 Å². The van der Waals surface area contributed by atoms with Gasteiger partial charge < -0.3 is 25.4 Å². The van der Waals surface area contributed by atoms with Gasteiger partial charge in [-0.15, -0.1) is 0 Å². The minimum absolute atomic E-state index is 0.180. The summed E-state index contributed by atoms with van der Waals surface area (Å²) in [6, 6.07) is 7.49. The highest BCUT2D eigenvalue weighted by molar-refractivity contribution is 7.73. The molecule has 2 heterocycles. The molecule has 1 fully saturated rings. The Hall–Kier alpha value is -1.94. The van der Waals surface area contributed by atoms with Crippen LogP contribution in [0.5, 0.6) is 5.75 Å². The molecule has 1 amide bonds. The molecule has 1 aliphatic heterocycles. The van der Waals surface area contributed by atoms with Gasteiger partial charge in [0.15, 0.2) is 3.95 Å². The molecule has 3 rings (SSSR count). The number of thiazole rings is 1. The second-order valence-electron chi connectivity index (χ2n) is 6.21. The third-order valence-corrected chi connectivity index (χ3v) is 5.81. The van der Waals surface area contributed by atoms with Crippen LogP contribution < -0.4 is 20.7 Å². The van der Waals surface area contributed by atoms with E-state index in [9.17, 15) is 4.79 Å². The lowest BCUT2D eigenvalue weighted by Crippen LogP contribution is -3.14. The Balaban J connectivity index is 1.67. The summed E-state index contributed by atoms with van der Waals surface area (Å²) in [7, 11) is 0. The maximum absolute atomic E-state index is 12.5. The van der Waals surface area contributed by atoms with Crippen LogP contribution in [0.3, 0.4) is 0 Å². The van der Waals surface area contributed by atoms with Crippen LogP contribution in [0.2, 0.25) is 0 Å². The number of carbonyl (C=O) groups excluding carboxylic acids is 1. The van der Waals surface area contributed by atoms with Crippen LogP contribution in [-0.2, 0) is 4.74 Å². The number of ether oxygens (including phenoxy) is 2. The van der Waals surface area contributed by atoms with Crippen molar-refractivity contribution in [2.45, 2.75) is 6.92 Å². The highest BCUT2D eigenvalue weighted by atomic mass is 32.1. The van der Waals surface area contributed by atoms with E-state index in [2.05, 4.69) is 5.32 Å². The SMILES string of the molecule is CCOc1ccc(-n2c(N)c(C(=O)NCC[NH+]3CCOCC3)sc2=S)cc1. The number of nitrogens with one attached hydrogen (secondary N) is 2. The van der Waals surface area contributed by atoms with E-state index in [1.54, 1.807) is 4.57 Å². The number of hydrogen-bond acceptors (Lipinski definition) is 6. The Morgan fingerprint density at radius 3 is 2.74 bits per heavy atom. The first-order valence-corrected chi connectivity index (χ1v) is 10.3. The maximum atomic E-state index is 12.5. The van der Waals surface area contributed by atoms with E-state index in [0.29, 0.717) is 27.8 Å². The third-order valence-electron chi connectivity index (χ3n) is 4.42. The molecule has 1 aromatic carbocycles. The molecule has 0 spiro atoms. The van der Waals surface area contributed by atoms with Gasteiger partial charge in [-0.2, -0.15) is 0 Å². The summed E-state index contributed by atoms with van der Waals surface area (Å²) in [5, 5.41) is 2.96. The van der Waals surface area contributed by atoms with Crippen LogP contribution in [0.25, 0.3) is 5.69 Å². The van der Waals surface area contributed by atoms with E-state index >= 15 is 0 Å². The van der Waals surface area contributed by atoms with Crippen molar-refractivity contribution in [3.8, 4) is 11.4 Å². The van der Waals surface area contributed by atoms with Crippen molar-refractivity contribution in [1.82, 2.24) is 9.88 Å². The van der Waals surface area contributed by atoms with Crippen LogP contribution in [0.1, 0.15) is 16.6 Å². The zero-order chi connectivity index (χ0) is 19.2. The fraction of sp³-hybridized carbons (Fsp3) is 0.444. The molecule has 7 nitrogen and oxygen atoms in total. The second-order valence-corrected chi connectivity index (χ2v) is 7.86. The number of anilines is 1. The van der Waals surface area contributed by atoms with Gasteiger partial charge in [-0.05, 0) is 43.4 Å². The quantitative estimate of drug-likeness (QED) is 0.592. The molecule has 0 atom stereocenters. The van der Waals surface area contributed by atoms with Crippen molar-refractivity contribution in [3.05, 3.63) is 33.1 Å². The smallest absolute Gasteiger partial charge is 0.265 e. The van der Waals surface area contributed by atoms with E-state index in [4.69, 9.17) is 27.4 Å². The number of nitrogens with zero attached hydrogens (tertiary/aromatic N) is 1. The number of hydrogen-bond donors (Lipinski definition) is 3. The molecule has 27 heavy (non-hydrogen) atoms. The van der Waals surface area contributed by atoms with Crippen molar-refractivity contribution in [1.29, 1.82) is 0 Å². The Morgan fingerprint density at radius 1 is 1.37 bits per heavy atom. The van der Waals surface area contributed by atoms with Crippen LogP contribution >= 0.6 is 23.6 Å². The first kappa shape index (κ1) is 19.8. The van der Waals surface area contributed by atoms with Crippen LogP contribution in [0, 0.1) is 3.95 Å². The summed E-state index contributed by atoms with van der Waals surface area (Å²) in [5.74, 6) is 0.969. The normalized spacial score (nSPS) is 14.9. The zero-order valence-corrected chi connectivity index (χ0v) is 17.0. The van der Waals surface area contributed by atoms with Gasteiger partial charge in [0, 0.05) is 5.69 Å². The number of nitrogen functional groups attached to an aromatic ring is 1. The molecule has 0 saturated carbocycles. The van der Waals surface area contributed by atoms with Gasteiger partial charge in [-0.3, -0.25) is 9.36 Å². The Bertz CT molecular complexity index is 826. The minimum Gasteiger partial charge on any atom is -0.494 e. The Kier molecular flexibility index (Phi) is 6.84.